The van der Waals surface area contributed by atoms with Crippen LogP contribution in [0, 0.1) is 0 Å². The molecule has 1 amide bonds. The number of carbonyl (C=O) groups is 1. The number of hydrogen-bond acceptors (Lipinski definition) is 6. The highest BCUT2D eigenvalue weighted by molar-refractivity contribution is 7.98. The van der Waals surface area contributed by atoms with E-state index in [4.69, 9.17) is 9.97 Å². The molecule has 0 unspecified atom stereocenters. The first-order valence-electron chi connectivity index (χ1n) is 12.6. The maximum absolute atomic E-state index is 12.5. The normalized spacial score (nSPS) is 13.9. The van der Waals surface area contributed by atoms with Crippen LogP contribution < -0.4 is 10.2 Å². The first-order valence-corrected chi connectivity index (χ1v) is 13.5. The Morgan fingerprint density at radius 1 is 0.838 bits per heavy atom. The lowest BCUT2D eigenvalue weighted by atomic mass is 10.1. The average Bonchev–Trinajstić information content (AvgIpc) is 2.96. The zero-order chi connectivity index (χ0) is 25.5. The molecule has 1 fully saturated rings. The zero-order valence-corrected chi connectivity index (χ0v) is 21.8. The highest BCUT2D eigenvalue weighted by Gasteiger charge is 2.18. The van der Waals surface area contributed by atoms with Crippen LogP contribution in [0.2, 0.25) is 0 Å². The molecule has 1 aromatic heterocycles. The van der Waals surface area contributed by atoms with Crippen molar-refractivity contribution in [2.24, 2.45) is 0 Å². The fourth-order valence-electron chi connectivity index (χ4n) is 4.21. The Kier molecular flexibility index (Phi) is 8.13. The minimum atomic E-state index is -0.0706. The number of rotatable bonds is 8. The van der Waals surface area contributed by atoms with Crippen LogP contribution in [0.5, 0.6) is 0 Å². The molecule has 1 N–H and O–H groups in total. The Labute approximate surface area is 222 Å². The lowest BCUT2D eigenvalue weighted by Gasteiger charge is -2.33. The Hall–Kier alpha value is -3.68. The fraction of sp³-hybridized carbons (Fsp3) is 0.233. The maximum atomic E-state index is 12.5. The van der Waals surface area contributed by atoms with Gasteiger partial charge in [-0.25, -0.2) is 9.97 Å². The van der Waals surface area contributed by atoms with Gasteiger partial charge in [-0.2, -0.15) is 0 Å². The van der Waals surface area contributed by atoms with E-state index in [2.05, 4.69) is 40.4 Å². The van der Waals surface area contributed by atoms with Crippen LogP contribution in [0.25, 0.3) is 11.3 Å². The standard InChI is InChI=1S/C30H31N5OS/c1-34-16-18-35(19-17-34)28-20-27(25-10-6-3-7-11-25)32-30(33-28)37-22-24-12-14-26(15-13-24)29(36)31-21-23-8-4-2-5-9-23/h2-15,20H,16-19,21-22H2,1H3,(H,31,36). The number of hydrogen-bond donors (Lipinski definition) is 1. The molecule has 0 bridgehead atoms. The van der Waals surface area contributed by atoms with Crippen LogP contribution in [0.15, 0.2) is 96.2 Å². The van der Waals surface area contributed by atoms with Gasteiger partial charge in [0.1, 0.15) is 5.82 Å². The molecule has 1 aliphatic heterocycles. The zero-order valence-electron chi connectivity index (χ0n) is 21.0. The van der Waals surface area contributed by atoms with Crippen molar-refractivity contribution in [3.05, 3.63) is 108 Å². The van der Waals surface area contributed by atoms with E-state index in [9.17, 15) is 4.79 Å². The molecule has 1 aliphatic rings. The number of piperazine rings is 1. The molecule has 3 aromatic carbocycles. The number of nitrogens with one attached hydrogen (secondary N) is 1. The molecule has 5 rings (SSSR count). The van der Waals surface area contributed by atoms with Crippen molar-refractivity contribution < 1.29 is 4.79 Å². The van der Waals surface area contributed by atoms with Crippen LogP contribution in [-0.2, 0) is 12.3 Å². The largest absolute Gasteiger partial charge is 0.354 e. The molecular weight excluding hydrogens is 478 g/mol. The minimum Gasteiger partial charge on any atom is -0.354 e. The van der Waals surface area contributed by atoms with E-state index in [0.717, 1.165) is 65.3 Å². The maximum Gasteiger partial charge on any atom is 0.251 e. The van der Waals surface area contributed by atoms with E-state index in [0.29, 0.717) is 12.1 Å². The van der Waals surface area contributed by atoms with Crippen molar-refractivity contribution in [1.29, 1.82) is 0 Å². The van der Waals surface area contributed by atoms with Crippen molar-refractivity contribution in [2.45, 2.75) is 17.5 Å². The molecule has 0 aliphatic carbocycles. The second-order valence-electron chi connectivity index (χ2n) is 9.20. The Bertz CT molecular complexity index is 1310. The molecule has 0 atom stereocenters. The summed E-state index contributed by atoms with van der Waals surface area (Å²) < 4.78 is 0. The molecule has 0 radical (unpaired) electrons. The van der Waals surface area contributed by atoms with E-state index in [1.54, 1.807) is 11.8 Å². The number of anilines is 1. The van der Waals surface area contributed by atoms with Gasteiger partial charge in [0.15, 0.2) is 5.16 Å². The number of aromatic nitrogens is 2. The van der Waals surface area contributed by atoms with E-state index in [1.807, 2.05) is 72.8 Å². The summed E-state index contributed by atoms with van der Waals surface area (Å²) in [6.07, 6.45) is 0. The van der Waals surface area contributed by atoms with Gasteiger partial charge in [-0.3, -0.25) is 4.79 Å². The fourth-order valence-corrected chi connectivity index (χ4v) is 5.02. The van der Waals surface area contributed by atoms with Gasteiger partial charge in [0, 0.05) is 55.7 Å². The molecule has 1 saturated heterocycles. The van der Waals surface area contributed by atoms with Gasteiger partial charge >= 0.3 is 0 Å². The van der Waals surface area contributed by atoms with Gasteiger partial charge in [-0.15, -0.1) is 0 Å². The quantitative estimate of drug-likeness (QED) is 0.263. The van der Waals surface area contributed by atoms with Gasteiger partial charge < -0.3 is 15.1 Å². The monoisotopic (exact) mass is 509 g/mol. The van der Waals surface area contributed by atoms with Gasteiger partial charge in [0.25, 0.3) is 5.91 Å². The number of likely N-dealkylation sites (N-methyl/N-ethyl adjacent to an activating group) is 1. The number of amides is 1. The molecule has 37 heavy (non-hydrogen) atoms. The van der Waals surface area contributed by atoms with Crippen molar-refractivity contribution >= 4 is 23.5 Å². The van der Waals surface area contributed by atoms with Crippen LogP contribution in [0.1, 0.15) is 21.5 Å². The topological polar surface area (TPSA) is 61.4 Å². The van der Waals surface area contributed by atoms with Crippen LogP contribution in [0.3, 0.4) is 0 Å². The molecule has 6 nitrogen and oxygen atoms in total. The summed E-state index contributed by atoms with van der Waals surface area (Å²) in [4.78, 5) is 27.0. The van der Waals surface area contributed by atoms with Crippen molar-refractivity contribution in [1.82, 2.24) is 20.2 Å². The summed E-state index contributed by atoms with van der Waals surface area (Å²) in [6, 6.07) is 30.1. The predicted octanol–water partition coefficient (Wildman–Crippen LogP) is 5.12. The second kappa shape index (κ2) is 12.0. The smallest absolute Gasteiger partial charge is 0.251 e. The van der Waals surface area contributed by atoms with E-state index in [1.165, 1.54) is 0 Å². The van der Waals surface area contributed by atoms with Gasteiger partial charge in [0.2, 0.25) is 0 Å². The molecular formula is C30H31N5OS. The Morgan fingerprint density at radius 3 is 2.22 bits per heavy atom. The van der Waals surface area contributed by atoms with Crippen molar-refractivity contribution in [3.63, 3.8) is 0 Å². The van der Waals surface area contributed by atoms with Gasteiger partial charge in [-0.1, -0.05) is 84.6 Å². The third kappa shape index (κ3) is 6.76. The Balaban J connectivity index is 1.26. The SMILES string of the molecule is CN1CCN(c2cc(-c3ccccc3)nc(SCc3ccc(C(=O)NCc4ccccc4)cc3)n2)CC1. The van der Waals surface area contributed by atoms with Crippen LogP contribution >= 0.6 is 11.8 Å². The van der Waals surface area contributed by atoms with E-state index in [-0.39, 0.29) is 5.91 Å². The molecule has 2 heterocycles. The second-order valence-corrected chi connectivity index (χ2v) is 10.1. The predicted molar refractivity (Wildman–Crippen MR) is 151 cm³/mol. The summed E-state index contributed by atoms with van der Waals surface area (Å²) in [5, 5.41) is 3.75. The highest BCUT2D eigenvalue weighted by atomic mass is 32.2. The first-order chi connectivity index (χ1) is 18.1. The number of benzene rings is 3. The lowest BCUT2D eigenvalue weighted by molar-refractivity contribution is 0.0951. The van der Waals surface area contributed by atoms with Crippen LogP contribution in [0.4, 0.5) is 5.82 Å². The summed E-state index contributed by atoms with van der Waals surface area (Å²) in [5.74, 6) is 1.64. The third-order valence-electron chi connectivity index (χ3n) is 6.47. The summed E-state index contributed by atoms with van der Waals surface area (Å²) in [5.41, 5.74) is 4.90. The van der Waals surface area contributed by atoms with E-state index >= 15 is 0 Å². The number of carbonyl (C=O) groups excluding carboxylic acids is 1. The molecule has 188 valence electrons. The lowest BCUT2D eigenvalue weighted by Crippen LogP contribution is -2.44. The van der Waals surface area contributed by atoms with E-state index < -0.39 is 0 Å². The molecule has 0 saturated carbocycles. The first kappa shape index (κ1) is 25.0. The molecule has 0 spiro atoms. The van der Waals surface area contributed by atoms with Gasteiger partial charge in [-0.05, 0) is 30.3 Å². The minimum absolute atomic E-state index is 0.0706. The average molecular weight is 510 g/mol. The van der Waals surface area contributed by atoms with Crippen molar-refractivity contribution in [2.75, 3.05) is 38.1 Å². The molecule has 4 aromatic rings. The number of thioether (sulfide) groups is 1. The third-order valence-corrected chi connectivity index (χ3v) is 7.39. The van der Waals surface area contributed by atoms with Crippen LogP contribution in [-0.4, -0.2) is 54.0 Å². The Morgan fingerprint density at radius 2 is 1.51 bits per heavy atom. The van der Waals surface area contributed by atoms with Crippen molar-refractivity contribution in [3.8, 4) is 11.3 Å². The van der Waals surface area contributed by atoms with Gasteiger partial charge in [0.05, 0.1) is 5.69 Å². The molecule has 7 heteroatoms. The summed E-state index contributed by atoms with van der Waals surface area (Å²) in [7, 11) is 2.16. The summed E-state index contributed by atoms with van der Waals surface area (Å²) in [6.45, 7) is 4.48. The highest BCUT2D eigenvalue weighted by Crippen LogP contribution is 2.28. The summed E-state index contributed by atoms with van der Waals surface area (Å²) >= 11 is 1.62. The number of nitrogens with zero attached hydrogens (tertiary/aromatic N) is 4.